The molecule has 0 saturated carbocycles. The summed E-state index contributed by atoms with van der Waals surface area (Å²) in [6.45, 7) is 0.630. The minimum absolute atomic E-state index is 0.316. The van der Waals surface area contributed by atoms with Gasteiger partial charge in [-0.05, 0) is 24.3 Å². The van der Waals surface area contributed by atoms with Gasteiger partial charge in [0.05, 0.1) is 9.92 Å². The molecular formula is C12H12ClNO2S2. The van der Waals surface area contributed by atoms with E-state index in [0.717, 1.165) is 15.6 Å². The van der Waals surface area contributed by atoms with E-state index in [1.807, 2.05) is 17.5 Å². The number of hydrogen-bond donors (Lipinski definition) is 1. The van der Waals surface area contributed by atoms with E-state index >= 15 is 0 Å². The van der Waals surface area contributed by atoms with Gasteiger partial charge in [0.2, 0.25) is 0 Å². The highest BCUT2D eigenvalue weighted by atomic mass is 35.5. The van der Waals surface area contributed by atoms with Crippen molar-refractivity contribution in [3.8, 4) is 0 Å². The lowest BCUT2D eigenvalue weighted by Crippen LogP contribution is -2.01. The highest BCUT2D eigenvalue weighted by molar-refractivity contribution is 7.90. The van der Waals surface area contributed by atoms with Gasteiger partial charge in [-0.1, -0.05) is 17.7 Å². The number of hydrogen-bond acceptors (Lipinski definition) is 4. The molecule has 96 valence electrons. The zero-order valence-corrected chi connectivity index (χ0v) is 12.1. The molecule has 0 aliphatic carbocycles. The highest BCUT2D eigenvalue weighted by Crippen LogP contribution is 2.21. The molecule has 0 saturated heterocycles. The van der Waals surface area contributed by atoms with Crippen LogP contribution in [0.5, 0.6) is 0 Å². The summed E-state index contributed by atoms with van der Waals surface area (Å²) in [4.78, 5) is 1.42. The van der Waals surface area contributed by atoms with E-state index in [1.165, 1.54) is 6.26 Å². The summed E-state index contributed by atoms with van der Waals surface area (Å²) >= 11 is 7.40. The van der Waals surface area contributed by atoms with E-state index in [0.29, 0.717) is 11.4 Å². The number of halogens is 1. The van der Waals surface area contributed by atoms with Crippen LogP contribution in [0.1, 0.15) is 4.88 Å². The van der Waals surface area contributed by atoms with Crippen molar-refractivity contribution in [1.82, 2.24) is 0 Å². The maximum atomic E-state index is 11.4. The van der Waals surface area contributed by atoms with Gasteiger partial charge in [-0.2, -0.15) is 0 Å². The number of rotatable bonds is 4. The topological polar surface area (TPSA) is 46.2 Å². The number of sulfone groups is 1. The molecule has 6 heteroatoms. The Balaban J connectivity index is 2.11. The molecule has 0 fully saturated rings. The highest BCUT2D eigenvalue weighted by Gasteiger charge is 2.07. The molecule has 1 N–H and O–H groups in total. The summed E-state index contributed by atoms with van der Waals surface area (Å²) < 4.78 is 22.8. The van der Waals surface area contributed by atoms with Gasteiger partial charge in [0.15, 0.2) is 9.84 Å². The quantitative estimate of drug-likeness (QED) is 0.941. The van der Waals surface area contributed by atoms with Crippen LogP contribution in [-0.4, -0.2) is 14.7 Å². The Hall–Kier alpha value is -1.04. The van der Waals surface area contributed by atoms with Crippen molar-refractivity contribution < 1.29 is 8.42 Å². The van der Waals surface area contributed by atoms with Crippen molar-refractivity contribution in [1.29, 1.82) is 0 Å². The van der Waals surface area contributed by atoms with Gasteiger partial charge in [0.25, 0.3) is 0 Å². The Morgan fingerprint density at radius 3 is 2.72 bits per heavy atom. The minimum atomic E-state index is -3.16. The summed E-state index contributed by atoms with van der Waals surface area (Å²) in [5.74, 6) is 0. The van der Waals surface area contributed by atoms with Gasteiger partial charge in [0.1, 0.15) is 0 Å². The van der Waals surface area contributed by atoms with Crippen molar-refractivity contribution >= 4 is 38.5 Å². The average Bonchev–Trinajstić information content (AvgIpc) is 2.72. The zero-order valence-electron chi connectivity index (χ0n) is 9.68. The van der Waals surface area contributed by atoms with Gasteiger partial charge in [0, 0.05) is 28.7 Å². The molecule has 0 unspecified atom stereocenters. The third kappa shape index (κ3) is 3.48. The molecule has 0 spiro atoms. The van der Waals surface area contributed by atoms with Crippen LogP contribution in [-0.2, 0) is 16.4 Å². The van der Waals surface area contributed by atoms with Crippen molar-refractivity contribution in [3.05, 3.63) is 45.6 Å². The maximum Gasteiger partial charge on any atom is 0.175 e. The van der Waals surface area contributed by atoms with E-state index in [2.05, 4.69) is 5.32 Å². The molecule has 2 aromatic rings. The molecule has 3 nitrogen and oxygen atoms in total. The van der Waals surface area contributed by atoms with Crippen molar-refractivity contribution in [2.45, 2.75) is 11.4 Å². The third-order valence-corrected chi connectivity index (χ3v) is 4.75. The number of anilines is 1. The van der Waals surface area contributed by atoms with Gasteiger partial charge in [-0.3, -0.25) is 0 Å². The van der Waals surface area contributed by atoms with E-state index in [4.69, 9.17) is 11.6 Å². The monoisotopic (exact) mass is 301 g/mol. The molecule has 0 amide bonds. The minimum Gasteiger partial charge on any atom is -0.380 e. The third-order valence-electron chi connectivity index (χ3n) is 2.35. The molecule has 1 heterocycles. The first-order chi connectivity index (χ1) is 8.45. The second-order valence-electron chi connectivity index (χ2n) is 3.88. The number of thiophene rings is 1. The fourth-order valence-corrected chi connectivity index (χ4v) is 3.15. The van der Waals surface area contributed by atoms with Gasteiger partial charge >= 0.3 is 0 Å². The second kappa shape index (κ2) is 5.30. The first kappa shape index (κ1) is 13.4. The predicted molar refractivity (Wildman–Crippen MR) is 76.2 cm³/mol. The standard InChI is InChI=1S/C12H12ClNO2S2/c1-18(15,16)12-4-2-3-10(6-12)14-7-11-5-9(13)8-17-11/h2-6,8,14H,7H2,1H3. The second-order valence-corrected chi connectivity index (χ2v) is 7.33. The van der Waals surface area contributed by atoms with Crippen molar-refractivity contribution in [2.24, 2.45) is 0 Å². The molecule has 0 radical (unpaired) electrons. The van der Waals surface area contributed by atoms with Crippen LogP contribution < -0.4 is 5.32 Å². The van der Waals surface area contributed by atoms with E-state index < -0.39 is 9.84 Å². The molecule has 2 rings (SSSR count). The molecule has 1 aromatic heterocycles. The summed E-state index contributed by atoms with van der Waals surface area (Å²) in [7, 11) is -3.16. The molecule has 1 aromatic carbocycles. The molecule has 0 aliphatic heterocycles. The Morgan fingerprint density at radius 2 is 2.11 bits per heavy atom. The van der Waals surface area contributed by atoms with E-state index in [-0.39, 0.29) is 0 Å². The average molecular weight is 302 g/mol. The van der Waals surface area contributed by atoms with Crippen molar-refractivity contribution in [3.63, 3.8) is 0 Å². The Bertz CT molecular complexity index is 650. The van der Waals surface area contributed by atoms with Gasteiger partial charge in [-0.25, -0.2) is 8.42 Å². The van der Waals surface area contributed by atoms with Crippen molar-refractivity contribution in [2.75, 3.05) is 11.6 Å². The van der Waals surface area contributed by atoms with E-state index in [1.54, 1.807) is 29.5 Å². The SMILES string of the molecule is CS(=O)(=O)c1cccc(NCc2cc(Cl)cs2)c1. The van der Waals surface area contributed by atoms with Crippen LogP contribution in [0.4, 0.5) is 5.69 Å². The normalized spacial score (nSPS) is 11.4. The van der Waals surface area contributed by atoms with Crippen LogP contribution in [0.15, 0.2) is 40.6 Å². The Morgan fingerprint density at radius 1 is 1.33 bits per heavy atom. The fraction of sp³-hybridized carbons (Fsp3) is 0.167. The maximum absolute atomic E-state index is 11.4. The zero-order chi connectivity index (χ0) is 13.2. The predicted octanol–water partition coefficient (Wildman–Crippen LogP) is 3.42. The smallest absolute Gasteiger partial charge is 0.175 e. The van der Waals surface area contributed by atoms with E-state index in [9.17, 15) is 8.42 Å². The molecule has 0 aliphatic rings. The lowest BCUT2D eigenvalue weighted by molar-refractivity contribution is 0.602. The van der Waals surface area contributed by atoms with Crippen LogP contribution >= 0.6 is 22.9 Å². The van der Waals surface area contributed by atoms with Crippen LogP contribution in [0, 0.1) is 0 Å². The lowest BCUT2D eigenvalue weighted by Gasteiger charge is -2.06. The van der Waals surface area contributed by atoms with Crippen LogP contribution in [0.3, 0.4) is 0 Å². The number of benzene rings is 1. The Labute approximate surface area is 115 Å². The molecule has 0 bridgehead atoms. The first-order valence-corrected chi connectivity index (χ1v) is 8.37. The largest absolute Gasteiger partial charge is 0.380 e. The number of nitrogens with one attached hydrogen (secondary N) is 1. The summed E-state index contributed by atoms with van der Waals surface area (Å²) in [6.07, 6.45) is 1.20. The molecular weight excluding hydrogens is 290 g/mol. The molecule has 18 heavy (non-hydrogen) atoms. The Kier molecular flexibility index (Phi) is 3.94. The van der Waals surface area contributed by atoms with Crippen LogP contribution in [0.25, 0.3) is 0 Å². The van der Waals surface area contributed by atoms with Gasteiger partial charge < -0.3 is 5.32 Å². The molecule has 0 atom stereocenters. The lowest BCUT2D eigenvalue weighted by atomic mass is 10.3. The summed E-state index contributed by atoms with van der Waals surface area (Å²) in [5, 5.41) is 5.76. The summed E-state index contributed by atoms with van der Waals surface area (Å²) in [6, 6.07) is 8.66. The van der Waals surface area contributed by atoms with Crippen LogP contribution in [0.2, 0.25) is 5.02 Å². The fourth-order valence-electron chi connectivity index (χ4n) is 1.47. The first-order valence-electron chi connectivity index (χ1n) is 5.22. The summed E-state index contributed by atoms with van der Waals surface area (Å²) in [5.41, 5.74) is 0.780. The van der Waals surface area contributed by atoms with Gasteiger partial charge in [-0.15, -0.1) is 11.3 Å².